The number of hydrogen-bond acceptors (Lipinski definition) is 5. The fraction of sp³-hybridized carbons (Fsp3) is 0.333. The number of allylic oxidation sites excluding steroid dienone is 2. The molecule has 1 heterocycles. The molecule has 1 aliphatic rings. The first-order valence-corrected chi connectivity index (χ1v) is 6.47. The van der Waals surface area contributed by atoms with Crippen molar-refractivity contribution in [3.63, 3.8) is 0 Å². The number of amides is 2. The van der Waals surface area contributed by atoms with Crippen LogP contribution in [-0.4, -0.2) is 49.4 Å². The van der Waals surface area contributed by atoms with Crippen molar-refractivity contribution < 1.29 is 23.6 Å². The summed E-state index contributed by atoms with van der Waals surface area (Å²) in [5, 5.41) is 2.75. The van der Waals surface area contributed by atoms with Gasteiger partial charge in [0.25, 0.3) is 11.8 Å². The summed E-state index contributed by atoms with van der Waals surface area (Å²) in [6.07, 6.45) is 1.74. The van der Waals surface area contributed by atoms with Crippen LogP contribution in [0.4, 0.5) is 4.39 Å². The quantitative estimate of drug-likeness (QED) is 0.444. The second kappa shape index (κ2) is 9.51. The van der Waals surface area contributed by atoms with E-state index in [4.69, 9.17) is 0 Å². The summed E-state index contributed by atoms with van der Waals surface area (Å²) in [7, 11) is 3.75. The number of carbonyl (C=O) groups excluding carboxylic acids is 4. The summed E-state index contributed by atoms with van der Waals surface area (Å²) in [4.78, 5) is 45.6. The Balaban J connectivity index is 0.00000135. The lowest BCUT2D eigenvalue weighted by molar-refractivity contribution is -0.142. The van der Waals surface area contributed by atoms with E-state index in [9.17, 15) is 23.6 Å². The van der Waals surface area contributed by atoms with E-state index in [1.165, 1.54) is 0 Å². The normalized spacial score (nSPS) is 17.6. The molecule has 1 unspecified atom stereocenters. The molecule has 1 fully saturated rings. The first-order chi connectivity index (χ1) is 10.4. The Labute approximate surface area is 128 Å². The van der Waals surface area contributed by atoms with Gasteiger partial charge in [-0.1, -0.05) is 13.2 Å². The Hall–Kier alpha value is -2.41. The fourth-order valence-corrected chi connectivity index (χ4v) is 1.74. The fourth-order valence-electron chi connectivity index (χ4n) is 1.74. The predicted octanol–water partition coefficient (Wildman–Crippen LogP) is 0.703. The van der Waals surface area contributed by atoms with Crippen molar-refractivity contribution in [2.24, 2.45) is 0 Å². The van der Waals surface area contributed by atoms with E-state index in [2.05, 4.69) is 18.5 Å². The molecule has 0 aliphatic carbocycles. The number of halogens is 1. The molecule has 120 valence electrons. The summed E-state index contributed by atoms with van der Waals surface area (Å²) < 4.78 is 13.5. The Morgan fingerprint density at radius 2 is 1.86 bits per heavy atom. The van der Waals surface area contributed by atoms with Crippen molar-refractivity contribution in [3.05, 3.63) is 36.2 Å². The first-order valence-electron chi connectivity index (χ1n) is 6.47. The number of imide groups is 1. The van der Waals surface area contributed by atoms with E-state index in [0.717, 1.165) is 6.08 Å². The third kappa shape index (κ3) is 4.29. The predicted molar refractivity (Wildman–Crippen MR) is 79.5 cm³/mol. The van der Waals surface area contributed by atoms with Crippen molar-refractivity contribution in [2.75, 3.05) is 14.1 Å². The van der Waals surface area contributed by atoms with E-state index in [0.29, 0.717) is 17.5 Å². The van der Waals surface area contributed by atoms with Crippen molar-refractivity contribution >= 4 is 24.4 Å². The molecule has 0 aromatic rings. The molecule has 1 N–H and O–H groups in total. The molecule has 0 bridgehead atoms. The van der Waals surface area contributed by atoms with E-state index < -0.39 is 29.3 Å². The second-order valence-electron chi connectivity index (χ2n) is 4.33. The zero-order valence-electron chi connectivity index (χ0n) is 12.6. The molecular formula is C15H19FN2O4. The highest BCUT2D eigenvalue weighted by molar-refractivity contribution is 6.25. The molecule has 0 radical (unpaired) electrons. The highest BCUT2D eigenvalue weighted by atomic mass is 19.1. The molecule has 1 atom stereocenters. The molecule has 0 saturated carbocycles. The minimum atomic E-state index is -1.10. The zero-order chi connectivity index (χ0) is 17.3. The summed E-state index contributed by atoms with van der Waals surface area (Å²) in [5.41, 5.74) is -0.807. The molecule has 6 nitrogen and oxygen atoms in total. The zero-order valence-corrected chi connectivity index (χ0v) is 12.6. The Morgan fingerprint density at radius 3 is 2.27 bits per heavy atom. The smallest absolute Gasteiger partial charge is 0.265 e. The maximum atomic E-state index is 13.5. The van der Waals surface area contributed by atoms with Crippen LogP contribution < -0.4 is 5.32 Å². The minimum absolute atomic E-state index is 0.000742. The summed E-state index contributed by atoms with van der Waals surface area (Å²) in [6, 6.07) is -1.10. The number of nitrogens with zero attached hydrogens (tertiary/aromatic N) is 1. The van der Waals surface area contributed by atoms with E-state index in [-0.39, 0.29) is 18.4 Å². The molecule has 1 rings (SSSR count). The third-order valence-corrected chi connectivity index (χ3v) is 2.70. The van der Waals surface area contributed by atoms with Crippen molar-refractivity contribution in [2.45, 2.75) is 18.9 Å². The maximum Gasteiger partial charge on any atom is 0.265 e. The molecular weight excluding hydrogens is 291 g/mol. The number of hydrogen-bond donors (Lipinski definition) is 1. The van der Waals surface area contributed by atoms with Gasteiger partial charge in [-0.05, 0) is 26.6 Å². The maximum absolute atomic E-state index is 13.5. The van der Waals surface area contributed by atoms with Crippen LogP contribution in [0.15, 0.2) is 36.2 Å². The van der Waals surface area contributed by atoms with Crippen molar-refractivity contribution in [1.82, 2.24) is 10.2 Å². The SMILES string of the molecule is C=C/C(F)=C1\C(=C)C(=O)N(C(C=O)CCC=O)C1=O.CNC. The van der Waals surface area contributed by atoms with Gasteiger partial charge in [0.1, 0.15) is 18.4 Å². The van der Waals surface area contributed by atoms with Crippen LogP contribution in [-0.2, 0) is 19.2 Å². The van der Waals surface area contributed by atoms with Crippen LogP contribution in [0.25, 0.3) is 0 Å². The average molecular weight is 310 g/mol. The highest BCUT2D eigenvalue weighted by Crippen LogP contribution is 2.29. The topological polar surface area (TPSA) is 83.6 Å². The molecule has 0 spiro atoms. The van der Waals surface area contributed by atoms with Crippen LogP contribution in [0.2, 0.25) is 0 Å². The van der Waals surface area contributed by atoms with Crippen molar-refractivity contribution in [3.8, 4) is 0 Å². The van der Waals surface area contributed by atoms with Gasteiger partial charge in [-0.25, -0.2) is 4.39 Å². The van der Waals surface area contributed by atoms with Crippen LogP contribution in [0.5, 0.6) is 0 Å². The first kappa shape index (κ1) is 19.6. The van der Waals surface area contributed by atoms with Gasteiger partial charge in [-0.3, -0.25) is 14.5 Å². The lowest BCUT2D eigenvalue weighted by atomic mass is 10.1. The van der Waals surface area contributed by atoms with Gasteiger partial charge in [0.15, 0.2) is 0 Å². The van der Waals surface area contributed by atoms with Crippen LogP contribution in [0.3, 0.4) is 0 Å². The van der Waals surface area contributed by atoms with Gasteiger partial charge in [-0.15, -0.1) is 0 Å². The number of carbonyl (C=O) groups is 4. The lowest BCUT2D eigenvalue weighted by Gasteiger charge is -2.19. The highest BCUT2D eigenvalue weighted by Gasteiger charge is 2.43. The van der Waals surface area contributed by atoms with E-state index in [1.54, 1.807) is 0 Å². The standard InChI is InChI=1S/C13H12FNO4.C2H7N/c1-3-10(14)11-8(2)12(18)15(13(11)19)9(7-17)5-4-6-16;1-3-2/h3,6-7,9H,1-2,4-5H2;3H,1-2H3/b11-10-;. The van der Waals surface area contributed by atoms with E-state index >= 15 is 0 Å². The summed E-state index contributed by atoms with van der Waals surface area (Å²) in [6.45, 7) is 6.51. The lowest BCUT2D eigenvalue weighted by Crippen LogP contribution is -2.40. The monoisotopic (exact) mass is 310 g/mol. The van der Waals surface area contributed by atoms with Gasteiger partial charge >= 0.3 is 0 Å². The van der Waals surface area contributed by atoms with Gasteiger partial charge in [0.2, 0.25) is 0 Å². The van der Waals surface area contributed by atoms with Crippen LogP contribution >= 0.6 is 0 Å². The number of nitrogens with one attached hydrogen (secondary N) is 1. The molecule has 0 aromatic heterocycles. The Bertz CT molecular complexity index is 526. The summed E-state index contributed by atoms with van der Waals surface area (Å²) >= 11 is 0. The van der Waals surface area contributed by atoms with Gasteiger partial charge in [0.05, 0.1) is 11.6 Å². The number of aldehydes is 2. The molecule has 1 aliphatic heterocycles. The van der Waals surface area contributed by atoms with Gasteiger partial charge in [0, 0.05) is 12.0 Å². The summed E-state index contributed by atoms with van der Waals surface area (Å²) in [5.74, 6) is -2.73. The van der Waals surface area contributed by atoms with Crippen LogP contribution in [0.1, 0.15) is 12.8 Å². The van der Waals surface area contributed by atoms with Gasteiger partial charge in [-0.2, -0.15) is 0 Å². The number of likely N-dealkylation sites (tertiary alicyclic amines) is 1. The molecule has 2 amide bonds. The Kier molecular flexibility index (Phi) is 8.47. The largest absolute Gasteiger partial charge is 0.323 e. The molecule has 22 heavy (non-hydrogen) atoms. The average Bonchev–Trinajstić information content (AvgIpc) is 2.71. The van der Waals surface area contributed by atoms with Crippen LogP contribution in [0, 0.1) is 0 Å². The third-order valence-electron chi connectivity index (χ3n) is 2.70. The minimum Gasteiger partial charge on any atom is -0.323 e. The number of rotatable bonds is 6. The second-order valence-corrected chi connectivity index (χ2v) is 4.33. The van der Waals surface area contributed by atoms with Gasteiger partial charge < -0.3 is 14.9 Å². The Morgan fingerprint density at radius 1 is 1.32 bits per heavy atom. The molecule has 7 heteroatoms. The molecule has 0 aromatic carbocycles. The van der Waals surface area contributed by atoms with E-state index in [1.807, 2.05) is 14.1 Å². The molecule has 1 saturated heterocycles. The van der Waals surface area contributed by atoms with Crippen molar-refractivity contribution in [1.29, 1.82) is 0 Å².